The number of rotatable bonds is 9. The van der Waals surface area contributed by atoms with E-state index in [1.54, 1.807) is 12.1 Å². The van der Waals surface area contributed by atoms with Gasteiger partial charge in [-0.15, -0.1) is 0 Å². The summed E-state index contributed by atoms with van der Waals surface area (Å²) in [6, 6.07) is 14.2. The highest BCUT2D eigenvalue weighted by molar-refractivity contribution is 7.89. The lowest BCUT2D eigenvalue weighted by atomic mass is 10.1. The second-order valence-electron chi connectivity index (χ2n) is 6.43. The summed E-state index contributed by atoms with van der Waals surface area (Å²) in [5.41, 5.74) is 2.85. The highest BCUT2D eigenvalue weighted by Crippen LogP contribution is 2.15. The standard InChI is InChI=1S/C19H26N4O3S/c1-23(2)17-7-5-16(6-8-17)22-19(24)12-14-21-13-11-15-3-9-18(10-4-15)27(20,25)26/h3-10,21H,11-14H2,1-2H3,(H,22,24)(H2,20,25,26). The number of benzene rings is 2. The van der Waals surface area contributed by atoms with Gasteiger partial charge < -0.3 is 15.5 Å². The van der Waals surface area contributed by atoms with Gasteiger partial charge in [-0.2, -0.15) is 0 Å². The number of anilines is 2. The topological polar surface area (TPSA) is 105 Å². The van der Waals surface area contributed by atoms with Crippen LogP contribution in [0.25, 0.3) is 0 Å². The van der Waals surface area contributed by atoms with Crippen molar-refractivity contribution in [2.45, 2.75) is 17.7 Å². The van der Waals surface area contributed by atoms with E-state index in [4.69, 9.17) is 5.14 Å². The fourth-order valence-corrected chi connectivity index (χ4v) is 2.99. The average molecular weight is 391 g/mol. The maximum absolute atomic E-state index is 12.0. The molecule has 0 fully saturated rings. The van der Waals surface area contributed by atoms with Gasteiger partial charge in [0.25, 0.3) is 0 Å². The molecule has 8 heteroatoms. The molecule has 2 aromatic carbocycles. The van der Waals surface area contributed by atoms with Gasteiger partial charge in [0.15, 0.2) is 0 Å². The largest absolute Gasteiger partial charge is 0.378 e. The predicted molar refractivity (Wildman–Crippen MR) is 108 cm³/mol. The van der Waals surface area contributed by atoms with Gasteiger partial charge in [-0.3, -0.25) is 4.79 Å². The third kappa shape index (κ3) is 7.01. The van der Waals surface area contributed by atoms with Crippen LogP contribution >= 0.6 is 0 Å². The minimum absolute atomic E-state index is 0.0439. The van der Waals surface area contributed by atoms with Crippen LogP contribution in [-0.4, -0.2) is 41.5 Å². The van der Waals surface area contributed by atoms with Gasteiger partial charge in [0.1, 0.15) is 0 Å². The van der Waals surface area contributed by atoms with Crippen LogP contribution in [0.15, 0.2) is 53.4 Å². The van der Waals surface area contributed by atoms with Crippen molar-refractivity contribution in [3.63, 3.8) is 0 Å². The monoisotopic (exact) mass is 390 g/mol. The molecule has 0 radical (unpaired) electrons. The Morgan fingerprint density at radius 1 is 1.00 bits per heavy atom. The van der Waals surface area contributed by atoms with Crippen LogP contribution in [0.3, 0.4) is 0 Å². The van der Waals surface area contributed by atoms with Crippen molar-refractivity contribution in [1.82, 2.24) is 5.32 Å². The second kappa shape index (κ2) is 9.50. The Balaban J connectivity index is 1.67. The SMILES string of the molecule is CN(C)c1ccc(NC(=O)CCNCCc2ccc(S(N)(=O)=O)cc2)cc1. The number of carbonyl (C=O) groups excluding carboxylic acids is 1. The van der Waals surface area contributed by atoms with E-state index >= 15 is 0 Å². The number of nitrogens with zero attached hydrogens (tertiary/aromatic N) is 1. The third-order valence-electron chi connectivity index (χ3n) is 4.04. The molecule has 0 aliphatic carbocycles. The Labute approximate surface area is 160 Å². The number of amides is 1. The van der Waals surface area contributed by atoms with Gasteiger partial charge in [-0.1, -0.05) is 12.1 Å². The Morgan fingerprint density at radius 2 is 1.63 bits per heavy atom. The quantitative estimate of drug-likeness (QED) is 0.564. The Hall–Kier alpha value is -2.42. The van der Waals surface area contributed by atoms with E-state index in [1.165, 1.54) is 12.1 Å². The van der Waals surface area contributed by atoms with Crippen molar-refractivity contribution in [2.75, 3.05) is 37.4 Å². The minimum atomic E-state index is -3.65. The summed E-state index contributed by atoms with van der Waals surface area (Å²) in [5, 5.41) is 11.2. The molecule has 0 saturated carbocycles. The molecule has 0 spiro atoms. The number of hydrogen-bond donors (Lipinski definition) is 3. The van der Waals surface area contributed by atoms with Gasteiger partial charge in [0.05, 0.1) is 4.90 Å². The van der Waals surface area contributed by atoms with E-state index in [0.717, 1.165) is 23.4 Å². The zero-order valence-electron chi connectivity index (χ0n) is 15.6. The maximum atomic E-state index is 12.0. The van der Waals surface area contributed by atoms with Crippen LogP contribution in [-0.2, 0) is 21.2 Å². The minimum Gasteiger partial charge on any atom is -0.378 e. The van der Waals surface area contributed by atoms with Crippen LogP contribution in [0.1, 0.15) is 12.0 Å². The van der Waals surface area contributed by atoms with E-state index < -0.39 is 10.0 Å². The lowest BCUT2D eigenvalue weighted by Crippen LogP contribution is -2.23. The lowest BCUT2D eigenvalue weighted by Gasteiger charge is -2.13. The van der Waals surface area contributed by atoms with E-state index in [1.807, 2.05) is 43.3 Å². The van der Waals surface area contributed by atoms with Crippen LogP contribution < -0.4 is 20.7 Å². The van der Waals surface area contributed by atoms with Gasteiger partial charge in [0.2, 0.25) is 15.9 Å². The molecule has 4 N–H and O–H groups in total. The fourth-order valence-electron chi connectivity index (χ4n) is 2.47. The van der Waals surface area contributed by atoms with E-state index in [9.17, 15) is 13.2 Å². The van der Waals surface area contributed by atoms with Crippen molar-refractivity contribution in [1.29, 1.82) is 0 Å². The Kier molecular flexibility index (Phi) is 7.35. The van der Waals surface area contributed by atoms with Gasteiger partial charge in [-0.05, 0) is 54.9 Å². The highest BCUT2D eigenvalue weighted by atomic mass is 32.2. The molecule has 0 heterocycles. The van der Waals surface area contributed by atoms with Crippen molar-refractivity contribution < 1.29 is 13.2 Å². The van der Waals surface area contributed by atoms with Crippen LogP contribution in [0.2, 0.25) is 0 Å². The number of carbonyl (C=O) groups is 1. The fraction of sp³-hybridized carbons (Fsp3) is 0.316. The highest BCUT2D eigenvalue weighted by Gasteiger charge is 2.07. The molecule has 0 aliphatic rings. The molecule has 2 rings (SSSR count). The third-order valence-corrected chi connectivity index (χ3v) is 4.97. The molecule has 0 unspecified atom stereocenters. The number of sulfonamides is 1. The molecule has 7 nitrogen and oxygen atoms in total. The van der Waals surface area contributed by atoms with Crippen molar-refractivity contribution >= 4 is 27.3 Å². The number of nitrogens with one attached hydrogen (secondary N) is 2. The van der Waals surface area contributed by atoms with Crippen molar-refractivity contribution in [3.05, 3.63) is 54.1 Å². The zero-order chi connectivity index (χ0) is 19.9. The number of nitrogens with two attached hydrogens (primary N) is 1. The molecular weight excluding hydrogens is 364 g/mol. The molecule has 1 amide bonds. The lowest BCUT2D eigenvalue weighted by molar-refractivity contribution is -0.116. The summed E-state index contributed by atoms with van der Waals surface area (Å²) in [6.45, 7) is 1.26. The van der Waals surface area contributed by atoms with E-state index in [0.29, 0.717) is 19.5 Å². The normalized spacial score (nSPS) is 11.2. The first-order valence-electron chi connectivity index (χ1n) is 8.65. The molecule has 0 atom stereocenters. The summed E-state index contributed by atoms with van der Waals surface area (Å²) in [7, 11) is 0.279. The van der Waals surface area contributed by atoms with Crippen LogP contribution in [0.4, 0.5) is 11.4 Å². The summed E-state index contributed by atoms with van der Waals surface area (Å²) in [6.07, 6.45) is 1.11. The molecule has 0 aliphatic heterocycles. The van der Waals surface area contributed by atoms with Gasteiger partial charge >= 0.3 is 0 Å². The molecule has 146 valence electrons. The van der Waals surface area contributed by atoms with Gasteiger partial charge in [0, 0.05) is 38.4 Å². The Morgan fingerprint density at radius 3 is 2.19 bits per heavy atom. The summed E-state index contributed by atoms with van der Waals surface area (Å²) < 4.78 is 22.4. The van der Waals surface area contributed by atoms with Crippen LogP contribution in [0.5, 0.6) is 0 Å². The van der Waals surface area contributed by atoms with Crippen molar-refractivity contribution in [3.8, 4) is 0 Å². The number of primary sulfonamides is 1. The van der Waals surface area contributed by atoms with Crippen LogP contribution in [0, 0.1) is 0 Å². The second-order valence-corrected chi connectivity index (χ2v) is 7.99. The smallest absolute Gasteiger partial charge is 0.238 e. The summed E-state index contributed by atoms with van der Waals surface area (Å²) in [5.74, 6) is -0.0439. The van der Waals surface area contributed by atoms with Gasteiger partial charge in [-0.25, -0.2) is 13.6 Å². The summed E-state index contributed by atoms with van der Waals surface area (Å²) >= 11 is 0. The maximum Gasteiger partial charge on any atom is 0.238 e. The Bertz CT molecular complexity index is 848. The molecule has 2 aromatic rings. The molecule has 0 saturated heterocycles. The average Bonchev–Trinajstić information content (AvgIpc) is 2.61. The molecule has 0 aromatic heterocycles. The summed E-state index contributed by atoms with van der Waals surface area (Å²) in [4.78, 5) is 14.1. The predicted octanol–water partition coefficient (Wildman–Crippen LogP) is 1.56. The molecule has 0 bridgehead atoms. The first-order valence-corrected chi connectivity index (χ1v) is 10.2. The van der Waals surface area contributed by atoms with E-state index in [-0.39, 0.29) is 10.8 Å². The first kappa shape index (κ1) is 20.9. The van der Waals surface area contributed by atoms with E-state index in [2.05, 4.69) is 10.6 Å². The number of hydrogen-bond acceptors (Lipinski definition) is 5. The molecule has 27 heavy (non-hydrogen) atoms. The zero-order valence-corrected chi connectivity index (χ0v) is 16.4. The first-order chi connectivity index (χ1) is 12.8. The molecular formula is C19H26N4O3S. The van der Waals surface area contributed by atoms with Crippen molar-refractivity contribution in [2.24, 2.45) is 5.14 Å².